The third kappa shape index (κ3) is 5.72. The van der Waals surface area contributed by atoms with Crippen LogP contribution >= 0.6 is 0 Å². The topological polar surface area (TPSA) is 8.88 Å². The van der Waals surface area contributed by atoms with Crippen molar-refractivity contribution in [2.45, 2.75) is 38.5 Å². The van der Waals surface area contributed by atoms with Gasteiger partial charge < -0.3 is 9.80 Å². The summed E-state index contributed by atoms with van der Waals surface area (Å²) in [5.74, 6) is 13.4. The third-order valence-corrected chi connectivity index (χ3v) is 5.13. The van der Waals surface area contributed by atoms with Gasteiger partial charge in [-0.1, -0.05) is 17.9 Å². The Kier molecular flexibility index (Phi) is 6.79. The first kappa shape index (κ1) is 17.1. The fourth-order valence-electron chi connectivity index (χ4n) is 3.67. The number of benzene rings is 1. The van der Waals surface area contributed by atoms with Crippen LogP contribution in [0.4, 0.5) is 0 Å². The van der Waals surface area contributed by atoms with Crippen molar-refractivity contribution in [1.82, 2.24) is 0 Å². The number of quaternary nitrogens is 2. The number of hydrogen-bond acceptors (Lipinski definition) is 0. The van der Waals surface area contributed by atoms with Crippen LogP contribution in [0.3, 0.4) is 0 Å². The van der Waals surface area contributed by atoms with Gasteiger partial charge in [-0.15, -0.1) is 0 Å². The van der Waals surface area contributed by atoms with Crippen LogP contribution in [0.25, 0.3) is 0 Å². The van der Waals surface area contributed by atoms with E-state index in [2.05, 4.69) is 47.9 Å². The Hall–Kier alpha value is -1.74. The summed E-state index contributed by atoms with van der Waals surface area (Å²) in [7, 11) is 0. The molecule has 3 rings (SSSR count). The minimum absolute atomic E-state index is 0.980. The summed E-state index contributed by atoms with van der Waals surface area (Å²) in [6, 6.07) is 8.41. The van der Waals surface area contributed by atoms with Gasteiger partial charge in [-0.05, 0) is 68.6 Å². The molecule has 1 aromatic rings. The zero-order chi connectivity index (χ0) is 16.5. The highest BCUT2D eigenvalue weighted by molar-refractivity contribution is 5.43. The lowest BCUT2D eigenvalue weighted by Gasteiger charge is -2.20. The first-order valence-corrected chi connectivity index (χ1v) is 9.65. The Labute approximate surface area is 147 Å². The second kappa shape index (κ2) is 9.53. The molecule has 2 saturated heterocycles. The second-order valence-electron chi connectivity index (χ2n) is 7.16. The van der Waals surface area contributed by atoms with Crippen LogP contribution < -0.4 is 9.80 Å². The molecule has 2 nitrogen and oxygen atoms in total. The molecule has 0 saturated carbocycles. The first-order valence-electron chi connectivity index (χ1n) is 9.65. The molecule has 126 valence electrons. The highest BCUT2D eigenvalue weighted by Crippen LogP contribution is 2.02. The molecule has 0 spiro atoms. The molecule has 0 atom stereocenters. The van der Waals surface area contributed by atoms with Crippen molar-refractivity contribution in [3.63, 3.8) is 0 Å². The average Bonchev–Trinajstić information content (AvgIpc) is 2.64. The van der Waals surface area contributed by atoms with Gasteiger partial charge in [0.15, 0.2) is 0 Å². The second-order valence-corrected chi connectivity index (χ2v) is 7.16. The fourth-order valence-corrected chi connectivity index (χ4v) is 3.67. The molecule has 24 heavy (non-hydrogen) atoms. The van der Waals surface area contributed by atoms with Gasteiger partial charge in [0.25, 0.3) is 0 Å². The Morgan fingerprint density at radius 3 is 1.58 bits per heavy atom. The Bertz CT molecular complexity index is 576. The van der Waals surface area contributed by atoms with E-state index in [4.69, 9.17) is 0 Å². The van der Waals surface area contributed by atoms with Crippen molar-refractivity contribution in [2.75, 3.05) is 39.3 Å². The molecule has 0 unspecified atom stereocenters. The van der Waals surface area contributed by atoms with Crippen molar-refractivity contribution in [2.24, 2.45) is 0 Å². The van der Waals surface area contributed by atoms with Crippen LogP contribution in [-0.2, 0) is 0 Å². The predicted octanol–water partition coefficient (Wildman–Crippen LogP) is 0.527. The van der Waals surface area contributed by atoms with E-state index < -0.39 is 0 Å². The van der Waals surface area contributed by atoms with Gasteiger partial charge in [-0.3, -0.25) is 0 Å². The van der Waals surface area contributed by atoms with Gasteiger partial charge in [0.2, 0.25) is 0 Å². The van der Waals surface area contributed by atoms with Gasteiger partial charge >= 0.3 is 0 Å². The van der Waals surface area contributed by atoms with Crippen LogP contribution in [-0.4, -0.2) is 39.3 Å². The maximum Gasteiger partial charge on any atom is 0.139 e. The molecule has 2 aliphatic heterocycles. The average molecular weight is 322 g/mol. The van der Waals surface area contributed by atoms with Gasteiger partial charge in [-0.2, -0.15) is 0 Å². The van der Waals surface area contributed by atoms with Crippen molar-refractivity contribution >= 4 is 0 Å². The summed E-state index contributed by atoms with van der Waals surface area (Å²) in [4.78, 5) is 3.29. The van der Waals surface area contributed by atoms with E-state index in [1.165, 1.54) is 64.7 Å². The molecular weight excluding hydrogens is 292 g/mol. The summed E-state index contributed by atoms with van der Waals surface area (Å²) >= 11 is 0. The SMILES string of the molecule is C(#Cc1cccc(C#CC[NH+]2CCCCC2)c1)C[NH+]1CCCCC1. The molecule has 0 radical (unpaired) electrons. The maximum atomic E-state index is 3.37. The lowest BCUT2D eigenvalue weighted by molar-refractivity contribution is -0.897. The third-order valence-electron chi connectivity index (χ3n) is 5.13. The van der Waals surface area contributed by atoms with Gasteiger partial charge in [-0.25, -0.2) is 0 Å². The van der Waals surface area contributed by atoms with E-state index in [1.54, 1.807) is 9.80 Å². The Morgan fingerprint density at radius 1 is 0.667 bits per heavy atom. The molecule has 2 N–H and O–H groups in total. The van der Waals surface area contributed by atoms with Crippen LogP contribution in [0.15, 0.2) is 24.3 Å². The van der Waals surface area contributed by atoms with Crippen LogP contribution in [0, 0.1) is 23.7 Å². The largest absolute Gasteiger partial charge is 0.325 e. The van der Waals surface area contributed by atoms with E-state index in [-0.39, 0.29) is 0 Å². The zero-order valence-electron chi connectivity index (χ0n) is 14.8. The highest BCUT2D eigenvalue weighted by atomic mass is 15.1. The maximum absolute atomic E-state index is 3.37. The summed E-state index contributed by atoms with van der Waals surface area (Å²) in [6.07, 6.45) is 8.25. The number of likely N-dealkylation sites (tertiary alicyclic amines) is 2. The monoisotopic (exact) mass is 322 g/mol. The molecule has 2 aliphatic rings. The standard InChI is InChI=1S/C22H28N2/c1-3-14-23(15-4-1)18-8-12-21-10-7-11-22(20-21)13-9-19-24-16-5-2-6-17-24/h7,10-11,20H,1-6,14-19H2/p+2. The Morgan fingerprint density at radius 2 is 1.12 bits per heavy atom. The minimum atomic E-state index is 0.980. The van der Waals surface area contributed by atoms with Crippen LogP contribution in [0.5, 0.6) is 0 Å². The van der Waals surface area contributed by atoms with Gasteiger partial charge in [0.05, 0.1) is 26.2 Å². The predicted molar refractivity (Wildman–Crippen MR) is 99.0 cm³/mol. The first-order chi connectivity index (χ1) is 11.9. The minimum Gasteiger partial charge on any atom is -0.325 e. The summed E-state index contributed by atoms with van der Waals surface area (Å²) in [5, 5.41) is 0. The molecule has 0 amide bonds. The van der Waals surface area contributed by atoms with Crippen molar-refractivity contribution in [3.8, 4) is 23.7 Å². The number of rotatable bonds is 2. The van der Waals surface area contributed by atoms with Crippen molar-refractivity contribution in [1.29, 1.82) is 0 Å². The number of nitrogens with one attached hydrogen (secondary N) is 2. The van der Waals surface area contributed by atoms with Crippen molar-refractivity contribution < 1.29 is 9.80 Å². The summed E-state index contributed by atoms with van der Waals surface area (Å²) in [5.41, 5.74) is 2.20. The van der Waals surface area contributed by atoms with E-state index in [9.17, 15) is 0 Å². The highest BCUT2D eigenvalue weighted by Gasteiger charge is 2.11. The molecule has 1 aromatic carbocycles. The molecule has 0 bridgehead atoms. The lowest BCUT2D eigenvalue weighted by Crippen LogP contribution is -3.12. The van der Waals surface area contributed by atoms with E-state index in [0.717, 1.165) is 24.2 Å². The smallest absolute Gasteiger partial charge is 0.139 e. The molecule has 0 aliphatic carbocycles. The molecule has 2 heterocycles. The summed E-state index contributed by atoms with van der Waals surface area (Å²) in [6.45, 7) is 7.12. The number of hydrogen-bond donors (Lipinski definition) is 2. The molecular formula is C22H30N2+2. The van der Waals surface area contributed by atoms with E-state index >= 15 is 0 Å². The molecule has 0 aromatic heterocycles. The van der Waals surface area contributed by atoms with E-state index in [1.807, 2.05) is 0 Å². The summed E-state index contributed by atoms with van der Waals surface area (Å²) < 4.78 is 0. The van der Waals surface area contributed by atoms with Crippen molar-refractivity contribution in [3.05, 3.63) is 35.4 Å². The van der Waals surface area contributed by atoms with E-state index in [0.29, 0.717) is 0 Å². The zero-order valence-corrected chi connectivity index (χ0v) is 14.8. The molecule has 2 fully saturated rings. The normalized spacial score (nSPS) is 19.0. The number of piperidine rings is 2. The van der Waals surface area contributed by atoms with Gasteiger partial charge in [0, 0.05) is 11.1 Å². The molecule has 2 heteroatoms. The Balaban J connectivity index is 1.52. The van der Waals surface area contributed by atoms with Crippen LogP contribution in [0.1, 0.15) is 49.7 Å². The lowest BCUT2D eigenvalue weighted by atomic mass is 10.1. The van der Waals surface area contributed by atoms with Crippen LogP contribution in [0.2, 0.25) is 0 Å². The van der Waals surface area contributed by atoms with Gasteiger partial charge in [0.1, 0.15) is 13.1 Å². The fraction of sp³-hybridized carbons (Fsp3) is 0.545. The quantitative estimate of drug-likeness (QED) is 0.735.